The van der Waals surface area contributed by atoms with Crippen LogP contribution in [0.4, 0.5) is 0 Å². The number of rotatable bonds is 6. The van der Waals surface area contributed by atoms with Crippen molar-refractivity contribution in [2.24, 2.45) is 5.41 Å². The lowest BCUT2D eigenvalue weighted by Crippen LogP contribution is -2.28. The van der Waals surface area contributed by atoms with Crippen molar-refractivity contribution in [3.05, 3.63) is 0 Å². The van der Waals surface area contributed by atoms with Crippen LogP contribution in [0.15, 0.2) is 0 Å². The molecule has 1 heterocycles. The fraction of sp³-hybridized carbons (Fsp3) is 1.00. The second-order valence-corrected chi connectivity index (χ2v) is 5.79. The number of hydrogen-bond donors (Lipinski definition) is 1. The van der Waals surface area contributed by atoms with Gasteiger partial charge in [-0.25, -0.2) is 0 Å². The molecule has 0 radical (unpaired) electrons. The van der Waals surface area contributed by atoms with E-state index in [0.717, 1.165) is 6.54 Å². The van der Waals surface area contributed by atoms with Gasteiger partial charge in [0.1, 0.15) is 0 Å². The van der Waals surface area contributed by atoms with Crippen LogP contribution in [0.3, 0.4) is 0 Å². The molecule has 1 N–H and O–H groups in total. The van der Waals surface area contributed by atoms with Crippen molar-refractivity contribution < 1.29 is 0 Å². The molecule has 2 nitrogen and oxygen atoms in total. The van der Waals surface area contributed by atoms with E-state index in [1.54, 1.807) is 0 Å². The molecule has 1 unspecified atom stereocenters. The maximum atomic E-state index is 3.47. The summed E-state index contributed by atoms with van der Waals surface area (Å²) in [5, 5.41) is 3.47. The zero-order valence-electron chi connectivity index (χ0n) is 11.0. The fourth-order valence-corrected chi connectivity index (χ4v) is 2.49. The fourth-order valence-electron chi connectivity index (χ4n) is 2.49. The predicted molar refractivity (Wildman–Crippen MR) is 67.2 cm³/mol. The van der Waals surface area contributed by atoms with Crippen LogP contribution in [0, 0.1) is 5.41 Å². The van der Waals surface area contributed by atoms with Crippen LogP contribution >= 0.6 is 0 Å². The third-order valence-electron chi connectivity index (χ3n) is 3.42. The molecule has 90 valence electrons. The lowest BCUT2D eigenvalue weighted by atomic mass is 9.93. The summed E-state index contributed by atoms with van der Waals surface area (Å²) in [6.07, 6.45) is 4.02. The summed E-state index contributed by atoms with van der Waals surface area (Å²) in [6.45, 7) is 14.2. The van der Waals surface area contributed by atoms with E-state index in [0.29, 0.717) is 11.5 Å². The van der Waals surface area contributed by atoms with E-state index in [4.69, 9.17) is 0 Å². The van der Waals surface area contributed by atoms with Gasteiger partial charge in [-0.05, 0) is 51.2 Å². The van der Waals surface area contributed by atoms with E-state index >= 15 is 0 Å². The zero-order valence-corrected chi connectivity index (χ0v) is 11.0. The second kappa shape index (κ2) is 5.86. The van der Waals surface area contributed by atoms with Gasteiger partial charge in [0.2, 0.25) is 0 Å². The molecule has 1 aliphatic rings. The molecular weight excluding hydrogens is 184 g/mol. The van der Waals surface area contributed by atoms with Gasteiger partial charge in [-0.2, -0.15) is 0 Å². The van der Waals surface area contributed by atoms with Gasteiger partial charge in [0.25, 0.3) is 0 Å². The van der Waals surface area contributed by atoms with Crippen molar-refractivity contribution in [2.45, 2.75) is 53.0 Å². The summed E-state index contributed by atoms with van der Waals surface area (Å²) in [4.78, 5) is 2.62. The van der Waals surface area contributed by atoms with Crippen molar-refractivity contribution in [1.29, 1.82) is 0 Å². The summed E-state index contributed by atoms with van der Waals surface area (Å²) in [6, 6.07) is 0.686. The predicted octanol–water partition coefficient (Wildman–Crippen LogP) is 2.50. The van der Waals surface area contributed by atoms with Gasteiger partial charge in [0.05, 0.1) is 0 Å². The Kier molecular flexibility index (Phi) is 5.07. The average Bonchev–Trinajstić information content (AvgIpc) is 2.46. The van der Waals surface area contributed by atoms with E-state index < -0.39 is 0 Å². The molecule has 2 heteroatoms. The molecule has 15 heavy (non-hydrogen) atoms. The molecular formula is C13H28N2. The van der Waals surface area contributed by atoms with E-state index in [1.165, 1.54) is 38.9 Å². The highest BCUT2D eigenvalue weighted by atomic mass is 15.1. The van der Waals surface area contributed by atoms with Crippen molar-refractivity contribution in [1.82, 2.24) is 10.2 Å². The van der Waals surface area contributed by atoms with Gasteiger partial charge in [-0.1, -0.05) is 20.8 Å². The van der Waals surface area contributed by atoms with E-state index in [1.807, 2.05) is 0 Å². The standard InChI is InChI=1S/C13H28N2/c1-5-14-12(2)7-6-9-15-10-8-13(3,4)11-15/h12,14H,5-11H2,1-4H3. The highest BCUT2D eigenvalue weighted by molar-refractivity contribution is 4.82. The lowest BCUT2D eigenvalue weighted by molar-refractivity contribution is 0.281. The first kappa shape index (κ1) is 13.0. The number of nitrogens with zero attached hydrogens (tertiary/aromatic N) is 1. The molecule has 0 spiro atoms. The summed E-state index contributed by atoms with van der Waals surface area (Å²) in [7, 11) is 0. The van der Waals surface area contributed by atoms with Crippen LogP contribution in [-0.4, -0.2) is 37.1 Å². The van der Waals surface area contributed by atoms with Gasteiger partial charge < -0.3 is 10.2 Å². The van der Waals surface area contributed by atoms with Gasteiger partial charge in [-0.3, -0.25) is 0 Å². The molecule has 1 atom stereocenters. The molecule has 0 aromatic rings. The largest absolute Gasteiger partial charge is 0.315 e. The normalized spacial score (nSPS) is 23.2. The number of hydrogen-bond acceptors (Lipinski definition) is 2. The Morgan fingerprint density at radius 1 is 1.40 bits per heavy atom. The number of likely N-dealkylation sites (tertiary alicyclic amines) is 1. The Balaban J connectivity index is 2.06. The summed E-state index contributed by atoms with van der Waals surface area (Å²) in [5.41, 5.74) is 0.563. The minimum atomic E-state index is 0.563. The Labute approximate surface area is 95.4 Å². The molecule has 0 aromatic heterocycles. The second-order valence-electron chi connectivity index (χ2n) is 5.79. The van der Waals surface area contributed by atoms with Crippen LogP contribution in [0.5, 0.6) is 0 Å². The monoisotopic (exact) mass is 212 g/mol. The van der Waals surface area contributed by atoms with Crippen LogP contribution in [0.1, 0.15) is 47.0 Å². The summed E-state index contributed by atoms with van der Waals surface area (Å²) < 4.78 is 0. The number of nitrogens with one attached hydrogen (secondary N) is 1. The van der Waals surface area contributed by atoms with Crippen LogP contribution in [0.2, 0.25) is 0 Å². The third kappa shape index (κ3) is 4.98. The minimum absolute atomic E-state index is 0.563. The maximum Gasteiger partial charge on any atom is 0.00390 e. The molecule has 1 aliphatic heterocycles. The van der Waals surface area contributed by atoms with Crippen molar-refractivity contribution >= 4 is 0 Å². The highest BCUT2D eigenvalue weighted by Gasteiger charge is 2.28. The SMILES string of the molecule is CCNC(C)CCCN1CCC(C)(C)C1. The molecule has 0 aromatic carbocycles. The zero-order chi connectivity index (χ0) is 11.3. The first-order valence-electron chi connectivity index (χ1n) is 6.49. The van der Waals surface area contributed by atoms with Crippen LogP contribution in [-0.2, 0) is 0 Å². The minimum Gasteiger partial charge on any atom is -0.315 e. The first-order chi connectivity index (χ1) is 7.03. The molecule has 1 fully saturated rings. The van der Waals surface area contributed by atoms with Crippen LogP contribution in [0.25, 0.3) is 0 Å². The smallest absolute Gasteiger partial charge is 0.00390 e. The molecule has 0 aliphatic carbocycles. The molecule has 0 saturated carbocycles. The molecule has 1 saturated heterocycles. The van der Waals surface area contributed by atoms with Gasteiger partial charge in [0.15, 0.2) is 0 Å². The Morgan fingerprint density at radius 2 is 2.13 bits per heavy atom. The van der Waals surface area contributed by atoms with Crippen molar-refractivity contribution in [3.8, 4) is 0 Å². The maximum absolute atomic E-state index is 3.47. The van der Waals surface area contributed by atoms with Crippen molar-refractivity contribution in [2.75, 3.05) is 26.2 Å². The molecule has 0 amide bonds. The first-order valence-corrected chi connectivity index (χ1v) is 6.49. The Hall–Kier alpha value is -0.0800. The van der Waals surface area contributed by atoms with Gasteiger partial charge in [0, 0.05) is 12.6 Å². The van der Waals surface area contributed by atoms with Crippen molar-refractivity contribution in [3.63, 3.8) is 0 Å². The van der Waals surface area contributed by atoms with E-state index in [2.05, 4.69) is 37.9 Å². The van der Waals surface area contributed by atoms with E-state index in [9.17, 15) is 0 Å². The van der Waals surface area contributed by atoms with Crippen LogP contribution < -0.4 is 5.32 Å². The average molecular weight is 212 g/mol. The van der Waals surface area contributed by atoms with Gasteiger partial charge >= 0.3 is 0 Å². The topological polar surface area (TPSA) is 15.3 Å². The third-order valence-corrected chi connectivity index (χ3v) is 3.42. The summed E-state index contributed by atoms with van der Waals surface area (Å²) >= 11 is 0. The highest BCUT2D eigenvalue weighted by Crippen LogP contribution is 2.28. The Bertz CT molecular complexity index is 177. The quantitative estimate of drug-likeness (QED) is 0.728. The van der Waals surface area contributed by atoms with E-state index in [-0.39, 0.29) is 0 Å². The lowest BCUT2D eigenvalue weighted by Gasteiger charge is -2.20. The summed E-state index contributed by atoms with van der Waals surface area (Å²) in [5.74, 6) is 0. The molecule has 1 rings (SSSR count). The molecule has 0 bridgehead atoms. The van der Waals surface area contributed by atoms with Gasteiger partial charge in [-0.15, -0.1) is 0 Å². The Morgan fingerprint density at radius 3 is 2.67 bits per heavy atom.